The summed E-state index contributed by atoms with van der Waals surface area (Å²) in [6.45, 7) is 1.91. The minimum Gasteiger partial charge on any atom is -0.398 e. The fraction of sp³-hybridized carbons (Fsp3) is 0.0909. The van der Waals surface area contributed by atoms with Gasteiger partial charge in [0.25, 0.3) is 0 Å². The Morgan fingerprint density at radius 1 is 1.06 bits per heavy atom. The molecule has 2 aromatic rings. The third-order valence-electron chi connectivity index (χ3n) is 2.30. The van der Waals surface area contributed by atoms with Gasteiger partial charge >= 0.3 is 0 Å². The predicted molar refractivity (Wildman–Crippen MR) is 66.0 cm³/mol. The fourth-order valence-corrected chi connectivity index (χ4v) is 1.48. The number of aromatic nitrogens is 2. The molecule has 0 aliphatic heterocycles. The summed E-state index contributed by atoms with van der Waals surface area (Å²) in [6, 6.07) is 3.58. The van der Waals surface area contributed by atoms with Crippen molar-refractivity contribution in [2.24, 2.45) is 0 Å². The highest BCUT2D eigenvalue weighted by molar-refractivity contribution is 6.30. The van der Waals surface area contributed by atoms with Crippen LogP contribution >= 0.6 is 11.6 Å². The zero-order chi connectivity index (χ0) is 11.7. The number of hydrogen-bond acceptors (Lipinski definition) is 4. The van der Waals surface area contributed by atoms with E-state index in [-0.39, 0.29) is 0 Å². The number of aryl methyl sites for hydroxylation is 1. The van der Waals surface area contributed by atoms with Crippen LogP contribution in [-0.2, 0) is 0 Å². The van der Waals surface area contributed by atoms with Gasteiger partial charge in [0, 0.05) is 29.3 Å². The number of rotatable bonds is 1. The lowest BCUT2D eigenvalue weighted by Gasteiger charge is -2.07. The van der Waals surface area contributed by atoms with Crippen molar-refractivity contribution in [1.82, 2.24) is 9.97 Å². The molecule has 0 unspecified atom stereocenters. The van der Waals surface area contributed by atoms with Crippen LogP contribution in [0.15, 0.2) is 24.5 Å². The molecule has 0 atom stereocenters. The second kappa shape index (κ2) is 3.98. The van der Waals surface area contributed by atoms with Crippen molar-refractivity contribution in [1.29, 1.82) is 0 Å². The molecule has 0 radical (unpaired) electrons. The van der Waals surface area contributed by atoms with Crippen LogP contribution in [0.25, 0.3) is 11.4 Å². The summed E-state index contributed by atoms with van der Waals surface area (Å²) in [7, 11) is 0. The number of halogens is 1. The molecule has 0 spiro atoms. The molecule has 16 heavy (non-hydrogen) atoms. The molecule has 1 heterocycles. The van der Waals surface area contributed by atoms with Crippen LogP contribution in [0.5, 0.6) is 0 Å². The number of anilines is 2. The number of nitrogen functional groups attached to an aromatic ring is 2. The first kappa shape index (κ1) is 10.7. The van der Waals surface area contributed by atoms with Gasteiger partial charge in [0.05, 0.1) is 5.02 Å². The first-order valence-electron chi connectivity index (χ1n) is 4.71. The van der Waals surface area contributed by atoms with Crippen molar-refractivity contribution < 1.29 is 0 Å². The monoisotopic (exact) mass is 234 g/mol. The van der Waals surface area contributed by atoms with E-state index in [9.17, 15) is 0 Å². The van der Waals surface area contributed by atoms with Crippen molar-refractivity contribution in [3.8, 4) is 11.4 Å². The smallest absolute Gasteiger partial charge is 0.161 e. The van der Waals surface area contributed by atoms with Crippen LogP contribution in [-0.4, -0.2) is 9.97 Å². The Balaban J connectivity index is 2.56. The molecular weight excluding hydrogens is 224 g/mol. The van der Waals surface area contributed by atoms with Gasteiger partial charge in [-0.3, -0.25) is 0 Å². The molecular formula is C11H11ClN4. The largest absolute Gasteiger partial charge is 0.398 e. The molecule has 4 nitrogen and oxygen atoms in total. The standard InChI is InChI=1S/C11H11ClN4/c1-6-2-8(10(14)3-9(6)13)11-15-4-7(12)5-16-11/h2-5H,13-14H2,1H3. The van der Waals surface area contributed by atoms with E-state index in [1.165, 1.54) is 12.4 Å². The molecule has 1 aromatic heterocycles. The summed E-state index contributed by atoms with van der Waals surface area (Å²) in [5.74, 6) is 0.546. The highest BCUT2D eigenvalue weighted by atomic mass is 35.5. The summed E-state index contributed by atoms with van der Waals surface area (Å²) in [5, 5.41) is 0.495. The Hall–Kier alpha value is -1.81. The lowest BCUT2D eigenvalue weighted by atomic mass is 10.1. The Morgan fingerprint density at radius 2 is 1.69 bits per heavy atom. The van der Waals surface area contributed by atoms with E-state index in [1.807, 2.05) is 13.0 Å². The average molecular weight is 235 g/mol. The van der Waals surface area contributed by atoms with Crippen LogP contribution in [0.3, 0.4) is 0 Å². The van der Waals surface area contributed by atoms with Gasteiger partial charge in [0.15, 0.2) is 5.82 Å². The molecule has 4 N–H and O–H groups in total. The second-order valence-electron chi connectivity index (χ2n) is 3.52. The van der Waals surface area contributed by atoms with Crippen LogP contribution in [0.1, 0.15) is 5.56 Å². The van der Waals surface area contributed by atoms with Crippen LogP contribution in [0.2, 0.25) is 5.02 Å². The van der Waals surface area contributed by atoms with E-state index in [4.69, 9.17) is 23.1 Å². The number of benzene rings is 1. The Kier molecular flexibility index (Phi) is 2.66. The second-order valence-corrected chi connectivity index (χ2v) is 3.96. The maximum atomic E-state index is 5.87. The van der Waals surface area contributed by atoms with E-state index >= 15 is 0 Å². The summed E-state index contributed by atoms with van der Waals surface area (Å²) < 4.78 is 0. The molecule has 2 rings (SSSR count). The van der Waals surface area contributed by atoms with Gasteiger partial charge in [0.1, 0.15) is 0 Å². The van der Waals surface area contributed by atoms with E-state index in [1.54, 1.807) is 6.07 Å². The Labute approximate surface area is 98.3 Å². The molecule has 1 aromatic carbocycles. The maximum absolute atomic E-state index is 5.87. The molecule has 0 fully saturated rings. The minimum absolute atomic E-state index is 0.495. The zero-order valence-corrected chi connectivity index (χ0v) is 9.49. The van der Waals surface area contributed by atoms with Crippen molar-refractivity contribution in [3.63, 3.8) is 0 Å². The lowest BCUT2D eigenvalue weighted by Crippen LogP contribution is -1.98. The van der Waals surface area contributed by atoms with Crippen LogP contribution in [0, 0.1) is 6.92 Å². The molecule has 0 aliphatic rings. The normalized spacial score (nSPS) is 10.4. The summed E-state index contributed by atoms with van der Waals surface area (Å²) >= 11 is 5.72. The molecule has 82 valence electrons. The summed E-state index contributed by atoms with van der Waals surface area (Å²) in [4.78, 5) is 8.23. The van der Waals surface area contributed by atoms with Crippen molar-refractivity contribution in [2.75, 3.05) is 11.5 Å². The third-order valence-corrected chi connectivity index (χ3v) is 2.49. The van der Waals surface area contributed by atoms with Crippen molar-refractivity contribution in [3.05, 3.63) is 35.1 Å². The van der Waals surface area contributed by atoms with E-state index in [0.717, 1.165) is 11.1 Å². The topological polar surface area (TPSA) is 77.8 Å². The minimum atomic E-state index is 0.495. The van der Waals surface area contributed by atoms with E-state index in [2.05, 4.69) is 9.97 Å². The predicted octanol–water partition coefficient (Wildman–Crippen LogP) is 2.27. The van der Waals surface area contributed by atoms with Crippen LogP contribution < -0.4 is 11.5 Å². The van der Waals surface area contributed by atoms with Crippen LogP contribution in [0.4, 0.5) is 11.4 Å². The van der Waals surface area contributed by atoms with Gasteiger partial charge in [-0.15, -0.1) is 0 Å². The molecule has 0 saturated carbocycles. The zero-order valence-electron chi connectivity index (χ0n) is 8.74. The van der Waals surface area contributed by atoms with E-state index in [0.29, 0.717) is 22.2 Å². The molecule has 0 amide bonds. The lowest BCUT2D eigenvalue weighted by molar-refractivity contribution is 1.17. The van der Waals surface area contributed by atoms with Gasteiger partial charge in [-0.1, -0.05) is 11.6 Å². The molecule has 0 bridgehead atoms. The SMILES string of the molecule is Cc1cc(-c2ncc(Cl)cn2)c(N)cc1N. The van der Waals surface area contributed by atoms with Gasteiger partial charge < -0.3 is 11.5 Å². The molecule has 0 aliphatic carbocycles. The summed E-state index contributed by atoms with van der Waals surface area (Å²) in [6.07, 6.45) is 3.07. The number of nitrogens with two attached hydrogens (primary N) is 2. The third kappa shape index (κ3) is 1.92. The van der Waals surface area contributed by atoms with Crippen molar-refractivity contribution >= 4 is 23.0 Å². The quantitative estimate of drug-likeness (QED) is 0.742. The average Bonchev–Trinajstić information content (AvgIpc) is 2.25. The highest BCUT2D eigenvalue weighted by Crippen LogP contribution is 2.27. The number of nitrogens with zero attached hydrogens (tertiary/aromatic N) is 2. The maximum Gasteiger partial charge on any atom is 0.161 e. The Bertz CT molecular complexity index is 522. The number of hydrogen-bond donors (Lipinski definition) is 2. The van der Waals surface area contributed by atoms with Gasteiger partial charge in [-0.05, 0) is 24.6 Å². The highest BCUT2D eigenvalue weighted by Gasteiger charge is 2.07. The van der Waals surface area contributed by atoms with Crippen molar-refractivity contribution in [2.45, 2.75) is 6.92 Å². The molecule has 0 saturated heterocycles. The first-order chi connectivity index (χ1) is 7.58. The van der Waals surface area contributed by atoms with Gasteiger partial charge in [-0.2, -0.15) is 0 Å². The van der Waals surface area contributed by atoms with E-state index < -0.39 is 0 Å². The first-order valence-corrected chi connectivity index (χ1v) is 5.09. The van der Waals surface area contributed by atoms with Gasteiger partial charge in [-0.25, -0.2) is 9.97 Å². The fourth-order valence-electron chi connectivity index (χ4n) is 1.39. The summed E-state index contributed by atoms with van der Waals surface area (Å²) in [5.41, 5.74) is 14.6. The van der Waals surface area contributed by atoms with Gasteiger partial charge in [0.2, 0.25) is 0 Å². The molecule has 5 heteroatoms. The Morgan fingerprint density at radius 3 is 2.31 bits per heavy atom.